The van der Waals surface area contributed by atoms with Crippen molar-refractivity contribution in [3.63, 3.8) is 0 Å². The van der Waals surface area contributed by atoms with E-state index < -0.39 is 24.1 Å². The number of hydrogen-bond acceptors (Lipinski definition) is 7. The summed E-state index contributed by atoms with van der Waals surface area (Å²) < 4.78 is 20.4. The van der Waals surface area contributed by atoms with Crippen molar-refractivity contribution in [3.05, 3.63) is 23.8 Å². The maximum Gasteiger partial charge on any atom is 0.413 e. The van der Waals surface area contributed by atoms with Crippen LogP contribution in [0, 0.1) is 0 Å². The molecule has 0 saturated carbocycles. The van der Waals surface area contributed by atoms with E-state index in [-0.39, 0.29) is 5.56 Å². The average Bonchev–Trinajstić information content (AvgIpc) is 2.60. The van der Waals surface area contributed by atoms with Crippen molar-refractivity contribution in [1.29, 1.82) is 0 Å². The summed E-state index contributed by atoms with van der Waals surface area (Å²) in [5.41, 5.74) is 0.199. The maximum absolute atomic E-state index is 12.2. The molecule has 0 spiro atoms. The standard InChI is InChI=1S/C17H23NO7/c1-5-9-24-13-8-7-12(10-14(13)23-6-2)16(20)25-11(3)15(19)18-17(21)22-4/h7-8,10-11H,5-6,9H2,1-4H3,(H,18,19,21)/t11-/m0/s1. The van der Waals surface area contributed by atoms with Gasteiger partial charge in [-0.3, -0.25) is 10.1 Å². The van der Waals surface area contributed by atoms with Crippen molar-refractivity contribution < 1.29 is 33.3 Å². The normalized spacial score (nSPS) is 11.2. The Morgan fingerprint density at radius 1 is 1.12 bits per heavy atom. The molecule has 138 valence electrons. The number of amides is 2. The van der Waals surface area contributed by atoms with Crippen molar-refractivity contribution in [2.24, 2.45) is 0 Å². The number of ether oxygens (including phenoxy) is 4. The minimum Gasteiger partial charge on any atom is -0.490 e. The monoisotopic (exact) mass is 353 g/mol. The Morgan fingerprint density at radius 2 is 1.84 bits per heavy atom. The zero-order valence-electron chi connectivity index (χ0n) is 14.8. The van der Waals surface area contributed by atoms with Gasteiger partial charge in [0.1, 0.15) is 0 Å². The van der Waals surface area contributed by atoms with Gasteiger partial charge in [-0.1, -0.05) is 6.92 Å². The molecule has 1 rings (SSSR count). The van der Waals surface area contributed by atoms with E-state index >= 15 is 0 Å². The van der Waals surface area contributed by atoms with Gasteiger partial charge in [0, 0.05) is 0 Å². The van der Waals surface area contributed by atoms with Crippen molar-refractivity contribution in [3.8, 4) is 11.5 Å². The zero-order valence-corrected chi connectivity index (χ0v) is 14.8. The largest absolute Gasteiger partial charge is 0.490 e. The molecule has 0 heterocycles. The Labute approximate surface area is 146 Å². The second-order valence-corrected chi connectivity index (χ2v) is 4.97. The van der Waals surface area contributed by atoms with Crippen molar-refractivity contribution in [1.82, 2.24) is 5.32 Å². The lowest BCUT2D eigenvalue weighted by Gasteiger charge is -2.15. The molecule has 0 aromatic heterocycles. The first-order chi connectivity index (χ1) is 11.9. The fourth-order valence-corrected chi connectivity index (χ4v) is 1.77. The van der Waals surface area contributed by atoms with E-state index in [1.165, 1.54) is 19.1 Å². The van der Waals surface area contributed by atoms with E-state index in [4.69, 9.17) is 14.2 Å². The fourth-order valence-electron chi connectivity index (χ4n) is 1.77. The molecule has 0 aliphatic rings. The van der Waals surface area contributed by atoms with Crippen LogP contribution in [0.5, 0.6) is 11.5 Å². The molecule has 8 nitrogen and oxygen atoms in total. The molecule has 1 aromatic rings. The Balaban J connectivity index is 2.81. The van der Waals surface area contributed by atoms with Gasteiger partial charge in [-0.2, -0.15) is 0 Å². The summed E-state index contributed by atoms with van der Waals surface area (Å²) in [7, 11) is 1.12. The molecule has 0 radical (unpaired) electrons. The molecule has 0 unspecified atom stereocenters. The highest BCUT2D eigenvalue weighted by Gasteiger charge is 2.22. The molecule has 8 heteroatoms. The summed E-state index contributed by atoms with van der Waals surface area (Å²) in [6.07, 6.45) is -1.26. The smallest absolute Gasteiger partial charge is 0.413 e. The number of methoxy groups -OCH3 is 1. The molecular formula is C17H23NO7. The third-order valence-corrected chi connectivity index (χ3v) is 3.00. The summed E-state index contributed by atoms with van der Waals surface area (Å²) in [5.74, 6) is -0.572. The fraction of sp³-hybridized carbons (Fsp3) is 0.471. The van der Waals surface area contributed by atoms with Crippen LogP contribution < -0.4 is 14.8 Å². The number of carbonyl (C=O) groups excluding carboxylic acids is 3. The van der Waals surface area contributed by atoms with Gasteiger partial charge in [-0.05, 0) is 38.5 Å². The highest BCUT2D eigenvalue weighted by Crippen LogP contribution is 2.29. The van der Waals surface area contributed by atoms with Gasteiger partial charge in [0.2, 0.25) is 0 Å². The number of alkyl carbamates (subject to hydrolysis) is 1. The number of hydrogen-bond donors (Lipinski definition) is 1. The molecule has 0 fully saturated rings. The van der Waals surface area contributed by atoms with Crippen LogP contribution in [0.25, 0.3) is 0 Å². The van der Waals surface area contributed by atoms with Gasteiger partial charge >= 0.3 is 12.1 Å². The van der Waals surface area contributed by atoms with Crippen LogP contribution in [0.2, 0.25) is 0 Å². The first-order valence-corrected chi connectivity index (χ1v) is 7.92. The van der Waals surface area contributed by atoms with Crippen LogP contribution in [0.1, 0.15) is 37.6 Å². The van der Waals surface area contributed by atoms with Crippen LogP contribution in [0.4, 0.5) is 4.79 Å². The SMILES string of the molecule is CCCOc1ccc(C(=O)O[C@@H](C)C(=O)NC(=O)OC)cc1OCC. The highest BCUT2D eigenvalue weighted by molar-refractivity contribution is 5.97. The molecule has 1 N–H and O–H groups in total. The number of esters is 1. The summed E-state index contributed by atoms with van der Waals surface area (Å²) in [4.78, 5) is 34.9. The third kappa shape index (κ3) is 6.33. The second-order valence-electron chi connectivity index (χ2n) is 4.97. The zero-order chi connectivity index (χ0) is 18.8. The molecule has 0 aliphatic heterocycles. The van der Waals surface area contributed by atoms with Gasteiger partial charge in [-0.15, -0.1) is 0 Å². The van der Waals surface area contributed by atoms with E-state index in [1.807, 2.05) is 19.2 Å². The predicted molar refractivity (Wildman–Crippen MR) is 88.8 cm³/mol. The highest BCUT2D eigenvalue weighted by atomic mass is 16.6. The second kappa shape index (κ2) is 10.2. The molecule has 0 aliphatic carbocycles. The molecule has 1 atom stereocenters. The van der Waals surface area contributed by atoms with E-state index in [1.54, 1.807) is 6.07 Å². The molecule has 0 saturated heterocycles. The van der Waals surface area contributed by atoms with Gasteiger partial charge < -0.3 is 18.9 Å². The lowest BCUT2D eigenvalue weighted by molar-refractivity contribution is -0.128. The van der Waals surface area contributed by atoms with Crippen molar-refractivity contribution in [2.45, 2.75) is 33.3 Å². The first kappa shape index (κ1) is 20.3. The first-order valence-electron chi connectivity index (χ1n) is 7.92. The van der Waals surface area contributed by atoms with Crippen LogP contribution in [0.3, 0.4) is 0 Å². The van der Waals surface area contributed by atoms with Crippen LogP contribution >= 0.6 is 0 Å². The molecule has 2 amide bonds. The van der Waals surface area contributed by atoms with E-state index in [2.05, 4.69) is 4.74 Å². The van der Waals surface area contributed by atoms with E-state index in [0.29, 0.717) is 24.7 Å². The lowest BCUT2D eigenvalue weighted by atomic mass is 10.2. The van der Waals surface area contributed by atoms with Crippen LogP contribution in [0.15, 0.2) is 18.2 Å². The third-order valence-electron chi connectivity index (χ3n) is 3.00. The average molecular weight is 353 g/mol. The molecule has 25 heavy (non-hydrogen) atoms. The van der Waals surface area contributed by atoms with Crippen molar-refractivity contribution in [2.75, 3.05) is 20.3 Å². The molecular weight excluding hydrogens is 330 g/mol. The van der Waals surface area contributed by atoms with Gasteiger partial charge in [-0.25, -0.2) is 9.59 Å². The van der Waals surface area contributed by atoms with E-state index in [9.17, 15) is 14.4 Å². The Kier molecular flexibility index (Phi) is 8.25. The van der Waals surface area contributed by atoms with Crippen LogP contribution in [-0.4, -0.2) is 44.4 Å². The molecule has 1 aromatic carbocycles. The number of nitrogens with one attached hydrogen (secondary N) is 1. The quantitative estimate of drug-likeness (QED) is 0.716. The van der Waals surface area contributed by atoms with Gasteiger partial charge in [0.25, 0.3) is 5.91 Å². The van der Waals surface area contributed by atoms with Crippen LogP contribution in [-0.2, 0) is 14.3 Å². The molecule has 0 bridgehead atoms. The van der Waals surface area contributed by atoms with Crippen molar-refractivity contribution >= 4 is 18.0 Å². The minimum atomic E-state index is -1.17. The summed E-state index contributed by atoms with van der Waals surface area (Å²) in [6, 6.07) is 4.61. The lowest BCUT2D eigenvalue weighted by Crippen LogP contribution is -2.39. The number of carbonyl (C=O) groups is 3. The van der Waals surface area contributed by atoms with Gasteiger partial charge in [0.05, 0.1) is 25.9 Å². The van der Waals surface area contributed by atoms with Gasteiger partial charge in [0.15, 0.2) is 17.6 Å². The summed E-state index contributed by atoms with van der Waals surface area (Å²) in [5, 5.41) is 1.93. The summed E-state index contributed by atoms with van der Waals surface area (Å²) in [6.45, 7) is 6.06. The number of rotatable bonds is 8. The number of benzene rings is 1. The van der Waals surface area contributed by atoms with E-state index in [0.717, 1.165) is 13.5 Å². The summed E-state index contributed by atoms with van der Waals surface area (Å²) >= 11 is 0. The Hall–Kier alpha value is -2.77. The minimum absolute atomic E-state index is 0.199. The Bertz CT molecular complexity index is 615. The maximum atomic E-state index is 12.2. The number of imide groups is 1. The predicted octanol–water partition coefficient (Wildman–Crippen LogP) is 2.30. The topological polar surface area (TPSA) is 100 Å². The Morgan fingerprint density at radius 3 is 2.44 bits per heavy atom.